The van der Waals surface area contributed by atoms with Crippen LogP contribution in [0.2, 0.25) is 0 Å². The summed E-state index contributed by atoms with van der Waals surface area (Å²) < 4.78 is 0. The van der Waals surface area contributed by atoms with Crippen LogP contribution in [0.25, 0.3) is 0 Å². The number of hydrogen-bond acceptors (Lipinski definition) is 2. The van der Waals surface area contributed by atoms with Crippen LogP contribution in [0.1, 0.15) is 24.0 Å². The Morgan fingerprint density at radius 2 is 1.43 bits per heavy atom. The molecule has 1 aliphatic heterocycles. The van der Waals surface area contributed by atoms with Gasteiger partial charge in [0.05, 0.1) is 0 Å². The average molecular weight is 296 g/mol. The maximum atomic E-state index is 12.4. The lowest BCUT2D eigenvalue weighted by atomic mass is 9.76. The number of hydrogen-bond donors (Lipinski definition) is 2. The minimum atomic E-state index is -0.792. The Bertz CT molecular complexity index is 632. The molecular weight excluding hydrogens is 280 g/mol. The van der Waals surface area contributed by atoms with Crippen molar-refractivity contribution >= 4 is 23.2 Å². The minimum Gasteiger partial charge on any atom is -0.348 e. The van der Waals surface area contributed by atoms with Crippen molar-refractivity contribution in [2.75, 3.05) is 0 Å². The average Bonchev–Trinajstić information content (AvgIpc) is 2.75. The lowest BCUT2D eigenvalue weighted by molar-refractivity contribution is -0.123. The van der Waals surface area contributed by atoms with Gasteiger partial charge in [0.1, 0.15) is 5.54 Å². The molecule has 0 spiro atoms. The molecule has 0 radical (unpaired) electrons. The molecule has 2 N–H and O–H groups in total. The van der Waals surface area contributed by atoms with Gasteiger partial charge in [0.2, 0.25) is 0 Å². The highest BCUT2D eigenvalue weighted by Gasteiger charge is 2.47. The van der Waals surface area contributed by atoms with Gasteiger partial charge in [0.25, 0.3) is 5.91 Å². The fraction of sp³-hybridized carbons (Fsp3) is 0.176. The fourth-order valence-electron chi connectivity index (χ4n) is 2.91. The van der Waals surface area contributed by atoms with E-state index in [1.807, 2.05) is 67.6 Å². The molecule has 0 bridgehead atoms. The molecule has 106 valence electrons. The van der Waals surface area contributed by atoms with Crippen molar-refractivity contribution in [3.05, 3.63) is 71.8 Å². The molecule has 1 atom stereocenters. The third-order valence-electron chi connectivity index (χ3n) is 3.92. The first-order valence-electron chi connectivity index (χ1n) is 6.85. The summed E-state index contributed by atoms with van der Waals surface area (Å²) in [5, 5.41) is 6.24. The zero-order chi connectivity index (χ0) is 14.9. The van der Waals surface area contributed by atoms with Crippen molar-refractivity contribution in [1.82, 2.24) is 10.6 Å². The number of carbonyl (C=O) groups excluding carboxylic acids is 1. The zero-order valence-corrected chi connectivity index (χ0v) is 12.5. The molecule has 1 saturated heterocycles. The SMILES string of the molecule is CC1(C(c2ccccc2)c2ccccc2)NC(=S)NC1=O. The lowest BCUT2D eigenvalue weighted by Crippen LogP contribution is -2.49. The molecule has 1 fully saturated rings. The zero-order valence-electron chi connectivity index (χ0n) is 11.7. The van der Waals surface area contributed by atoms with E-state index in [4.69, 9.17) is 12.2 Å². The second-order valence-corrected chi connectivity index (χ2v) is 5.77. The summed E-state index contributed by atoms with van der Waals surface area (Å²) >= 11 is 5.12. The van der Waals surface area contributed by atoms with Gasteiger partial charge in [-0.05, 0) is 30.3 Å². The maximum absolute atomic E-state index is 12.4. The first-order valence-corrected chi connectivity index (χ1v) is 7.25. The third kappa shape index (κ3) is 2.43. The molecule has 1 heterocycles. The van der Waals surface area contributed by atoms with Crippen LogP contribution < -0.4 is 10.6 Å². The van der Waals surface area contributed by atoms with Gasteiger partial charge in [-0.1, -0.05) is 60.7 Å². The van der Waals surface area contributed by atoms with E-state index in [2.05, 4.69) is 10.6 Å². The molecule has 4 heteroatoms. The Kier molecular flexibility index (Phi) is 3.47. The Morgan fingerprint density at radius 1 is 0.952 bits per heavy atom. The summed E-state index contributed by atoms with van der Waals surface area (Å²) in [6.07, 6.45) is 0. The normalized spacial score (nSPS) is 21.2. The minimum absolute atomic E-state index is 0.0924. The van der Waals surface area contributed by atoms with Gasteiger partial charge in [-0.15, -0.1) is 0 Å². The smallest absolute Gasteiger partial charge is 0.252 e. The highest BCUT2D eigenvalue weighted by molar-refractivity contribution is 7.80. The van der Waals surface area contributed by atoms with E-state index in [0.717, 1.165) is 11.1 Å². The van der Waals surface area contributed by atoms with E-state index in [1.165, 1.54) is 0 Å². The van der Waals surface area contributed by atoms with E-state index >= 15 is 0 Å². The molecule has 2 aromatic rings. The summed E-state index contributed by atoms with van der Waals surface area (Å²) in [5.41, 5.74) is 1.37. The van der Waals surface area contributed by atoms with Gasteiger partial charge in [-0.3, -0.25) is 4.79 Å². The van der Waals surface area contributed by atoms with E-state index in [1.54, 1.807) is 0 Å². The predicted molar refractivity (Wildman–Crippen MR) is 87.0 cm³/mol. The van der Waals surface area contributed by atoms with Crippen LogP contribution in [-0.2, 0) is 4.79 Å². The molecule has 0 aliphatic carbocycles. The highest BCUT2D eigenvalue weighted by Crippen LogP contribution is 2.36. The van der Waals surface area contributed by atoms with Gasteiger partial charge in [-0.25, -0.2) is 0 Å². The first kappa shape index (κ1) is 13.8. The van der Waals surface area contributed by atoms with E-state index < -0.39 is 5.54 Å². The predicted octanol–water partition coefficient (Wildman–Crippen LogP) is 2.58. The van der Waals surface area contributed by atoms with Crippen LogP contribution in [0.3, 0.4) is 0 Å². The van der Waals surface area contributed by atoms with Crippen molar-refractivity contribution in [3.63, 3.8) is 0 Å². The van der Waals surface area contributed by atoms with Crippen LogP contribution >= 0.6 is 12.2 Å². The standard InChI is InChI=1S/C17H16N2OS/c1-17(15(20)18-16(21)19-17)14(12-8-4-2-5-9-12)13-10-6-3-7-11-13/h2-11,14H,1H3,(H2,18,19,20,21). The number of thiocarbonyl (C=S) groups is 1. The largest absolute Gasteiger partial charge is 0.348 e. The molecular formula is C17H16N2OS. The van der Waals surface area contributed by atoms with Crippen LogP contribution in [-0.4, -0.2) is 16.6 Å². The molecule has 1 unspecified atom stereocenters. The van der Waals surface area contributed by atoms with Gasteiger partial charge in [0, 0.05) is 5.92 Å². The summed E-state index contributed by atoms with van der Waals surface area (Å²) in [4.78, 5) is 12.4. The van der Waals surface area contributed by atoms with Crippen LogP contribution in [0, 0.1) is 0 Å². The molecule has 3 nitrogen and oxygen atoms in total. The van der Waals surface area contributed by atoms with Gasteiger partial charge in [0.15, 0.2) is 5.11 Å². The number of amides is 1. The fourth-order valence-corrected chi connectivity index (χ4v) is 3.21. The molecule has 3 rings (SSSR count). The number of nitrogens with one attached hydrogen (secondary N) is 2. The van der Waals surface area contributed by atoms with Crippen molar-refractivity contribution in [2.24, 2.45) is 0 Å². The number of benzene rings is 2. The summed E-state index contributed by atoms with van der Waals surface area (Å²) in [5.74, 6) is -0.203. The summed E-state index contributed by atoms with van der Waals surface area (Å²) in [7, 11) is 0. The van der Waals surface area contributed by atoms with Crippen LogP contribution in [0.4, 0.5) is 0 Å². The van der Waals surface area contributed by atoms with E-state index in [-0.39, 0.29) is 11.8 Å². The van der Waals surface area contributed by atoms with Crippen molar-refractivity contribution in [3.8, 4) is 0 Å². The van der Waals surface area contributed by atoms with E-state index in [9.17, 15) is 4.79 Å². The van der Waals surface area contributed by atoms with Crippen LogP contribution in [0.15, 0.2) is 60.7 Å². The van der Waals surface area contributed by atoms with Crippen molar-refractivity contribution in [1.29, 1.82) is 0 Å². The van der Waals surface area contributed by atoms with Gasteiger partial charge < -0.3 is 10.6 Å². The Hall–Kier alpha value is -2.20. The molecule has 1 aliphatic rings. The maximum Gasteiger partial charge on any atom is 0.252 e. The van der Waals surface area contributed by atoms with Gasteiger partial charge >= 0.3 is 0 Å². The molecule has 21 heavy (non-hydrogen) atoms. The Labute approximate surface area is 129 Å². The van der Waals surface area contributed by atoms with Crippen LogP contribution in [0.5, 0.6) is 0 Å². The molecule has 0 saturated carbocycles. The molecule has 1 amide bonds. The second-order valence-electron chi connectivity index (χ2n) is 5.36. The van der Waals surface area contributed by atoms with E-state index in [0.29, 0.717) is 5.11 Å². The highest BCUT2D eigenvalue weighted by atomic mass is 32.1. The summed E-state index contributed by atoms with van der Waals surface area (Å²) in [6.45, 7) is 1.90. The Balaban J connectivity index is 2.14. The second kappa shape index (κ2) is 5.30. The number of carbonyl (C=O) groups is 1. The lowest BCUT2D eigenvalue weighted by Gasteiger charge is -2.32. The number of rotatable bonds is 3. The Morgan fingerprint density at radius 3 is 1.81 bits per heavy atom. The molecule has 0 aromatic heterocycles. The first-order chi connectivity index (χ1) is 10.1. The third-order valence-corrected chi connectivity index (χ3v) is 4.12. The topological polar surface area (TPSA) is 41.1 Å². The quantitative estimate of drug-likeness (QED) is 0.855. The molecule has 2 aromatic carbocycles. The van der Waals surface area contributed by atoms with Gasteiger partial charge in [-0.2, -0.15) is 0 Å². The van der Waals surface area contributed by atoms with Crippen molar-refractivity contribution in [2.45, 2.75) is 18.4 Å². The monoisotopic (exact) mass is 296 g/mol. The van der Waals surface area contributed by atoms with Crippen molar-refractivity contribution < 1.29 is 4.79 Å². The summed E-state index contributed by atoms with van der Waals surface area (Å²) in [6, 6.07) is 20.1.